The molecular formula is C10H19NO. The molecule has 0 aromatic carbocycles. The number of nitrogens with zero attached hydrogens (tertiary/aromatic N) is 1. The molecule has 0 spiro atoms. The summed E-state index contributed by atoms with van der Waals surface area (Å²) in [5.74, 6) is 1.79. The molecule has 2 aliphatic heterocycles. The van der Waals surface area contributed by atoms with Crippen molar-refractivity contribution in [3.8, 4) is 0 Å². The molecule has 2 aliphatic rings. The minimum Gasteiger partial charge on any atom is -0.384 e. The second kappa shape index (κ2) is 3.75. The molecule has 2 heterocycles. The molecule has 0 saturated carbocycles. The van der Waals surface area contributed by atoms with Gasteiger partial charge in [-0.05, 0) is 37.6 Å². The van der Waals surface area contributed by atoms with Crippen LogP contribution in [0.15, 0.2) is 0 Å². The van der Waals surface area contributed by atoms with E-state index in [2.05, 4.69) is 4.90 Å². The Hall–Kier alpha value is -0.0800. The van der Waals surface area contributed by atoms with E-state index in [1.807, 2.05) is 7.11 Å². The summed E-state index contributed by atoms with van der Waals surface area (Å²) in [7, 11) is 1.82. The van der Waals surface area contributed by atoms with Gasteiger partial charge < -0.3 is 9.64 Å². The molecule has 3 atom stereocenters. The first-order valence-corrected chi connectivity index (χ1v) is 5.10. The van der Waals surface area contributed by atoms with Gasteiger partial charge in [0, 0.05) is 20.2 Å². The fraction of sp³-hybridized carbons (Fsp3) is 1.00. The van der Waals surface area contributed by atoms with Crippen LogP contribution in [0.2, 0.25) is 0 Å². The van der Waals surface area contributed by atoms with E-state index in [4.69, 9.17) is 4.74 Å². The van der Waals surface area contributed by atoms with Crippen LogP contribution in [-0.4, -0.2) is 38.3 Å². The largest absolute Gasteiger partial charge is 0.384 e. The van der Waals surface area contributed by atoms with E-state index >= 15 is 0 Å². The molecule has 0 aliphatic carbocycles. The monoisotopic (exact) mass is 169 g/mol. The first kappa shape index (κ1) is 8.52. The summed E-state index contributed by atoms with van der Waals surface area (Å²) in [4.78, 5) is 2.61. The van der Waals surface area contributed by atoms with Crippen LogP contribution in [-0.2, 0) is 4.74 Å². The van der Waals surface area contributed by atoms with Crippen molar-refractivity contribution in [2.45, 2.75) is 19.3 Å². The zero-order valence-electron chi connectivity index (χ0n) is 7.96. The summed E-state index contributed by atoms with van der Waals surface area (Å²) in [5.41, 5.74) is 0. The Labute approximate surface area is 74.9 Å². The third-order valence-corrected chi connectivity index (χ3v) is 3.19. The molecule has 2 saturated heterocycles. The van der Waals surface area contributed by atoms with E-state index < -0.39 is 0 Å². The van der Waals surface area contributed by atoms with Crippen molar-refractivity contribution in [1.82, 2.24) is 4.90 Å². The van der Waals surface area contributed by atoms with Crippen molar-refractivity contribution in [3.63, 3.8) is 0 Å². The molecule has 70 valence electrons. The molecular weight excluding hydrogens is 150 g/mol. The van der Waals surface area contributed by atoms with Crippen LogP contribution in [0.4, 0.5) is 0 Å². The lowest BCUT2D eigenvalue weighted by Crippen LogP contribution is -2.45. The minimum absolute atomic E-state index is 0.814. The Morgan fingerprint density at radius 2 is 2.33 bits per heavy atom. The van der Waals surface area contributed by atoms with Crippen LogP contribution in [0.25, 0.3) is 0 Å². The van der Waals surface area contributed by atoms with Crippen molar-refractivity contribution >= 4 is 0 Å². The van der Waals surface area contributed by atoms with E-state index in [1.165, 1.54) is 38.9 Å². The highest BCUT2D eigenvalue weighted by Crippen LogP contribution is 2.29. The fourth-order valence-electron chi connectivity index (χ4n) is 2.78. The summed E-state index contributed by atoms with van der Waals surface area (Å²) >= 11 is 0. The number of ether oxygens (including phenoxy) is 1. The van der Waals surface area contributed by atoms with Gasteiger partial charge in [0.2, 0.25) is 0 Å². The van der Waals surface area contributed by atoms with Gasteiger partial charge in [-0.15, -0.1) is 0 Å². The Morgan fingerprint density at radius 1 is 1.42 bits per heavy atom. The van der Waals surface area contributed by atoms with Crippen LogP contribution >= 0.6 is 0 Å². The predicted molar refractivity (Wildman–Crippen MR) is 49.1 cm³/mol. The van der Waals surface area contributed by atoms with Crippen LogP contribution < -0.4 is 0 Å². The molecule has 0 aromatic heterocycles. The normalized spacial score (nSPS) is 41.2. The topological polar surface area (TPSA) is 12.5 Å². The third kappa shape index (κ3) is 1.80. The van der Waals surface area contributed by atoms with Gasteiger partial charge in [-0.1, -0.05) is 0 Å². The lowest BCUT2D eigenvalue weighted by atomic mass is 9.84. The number of methoxy groups -OCH3 is 1. The molecule has 2 rings (SSSR count). The highest BCUT2D eigenvalue weighted by Gasteiger charge is 2.29. The van der Waals surface area contributed by atoms with Gasteiger partial charge in [0.1, 0.15) is 0 Å². The van der Waals surface area contributed by atoms with E-state index in [0.717, 1.165) is 18.4 Å². The van der Waals surface area contributed by atoms with Gasteiger partial charge in [0.25, 0.3) is 0 Å². The van der Waals surface area contributed by atoms with Crippen molar-refractivity contribution in [2.75, 3.05) is 33.4 Å². The summed E-state index contributed by atoms with van der Waals surface area (Å²) in [5, 5.41) is 0. The zero-order valence-corrected chi connectivity index (χ0v) is 7.96. The Balaban J connectivity index is 1.87. The van der Waals surface area contributed by atoms with Crippen LogP contribution in [0.5, 0.6) is 0 Å². The second-order valence-electron chi connectivity index (χ2n) is 4.32. The molecule has 0 radical (unpaired) electrons. The highest BCUT2D eigenvalue weighted by molar-refractivity contribution is 4.82. The molecule has 3 unspecified atom stereocenters. The quantitative estimate of drug-likeness (QED) is 0.619. The van der Waals surface area contributed by atoms with Gasteiger partial charge in [0.05, 0.1) is 6.61 Å². The average molecular weight is 169 g/mol. The molecule has 0 aromatic rings. The first-order valence-electron chi connectivity index (χ1n) is 5.10. The lowest BCUT2D eigenvalue weighted by Gasteiger charge is -2.41. The van der Waals surface area contributed by atoms with Crippen LogP contribution in [0, 0.1) is 11.8 Å². The Bertz CT molecular complexity index is 137. The Kier molecular flexibility index (Phi) is 2.66. The average Bonchev–Trinajstić information content (AvgIpc) is 2.04. The predicted octanol–water partition coefficient (Wildman–Crippen LogP) is 1.36. The van der Waals surface area contributed by atoms with Crippen molar-refractivity contribution in [2.24, 2.45) is 11.8 Å². The molecule has 2 bridgehead atoms. The molecule has 0 amide bonds. The maximum Gasteiger partial charge on any atom is 0.0502 e. The number of rotatable bonds is 2. The standard InChI is InChI=1S/C10H19NO/c1-12-8-10-5-9-3-2-4-11(6-9)7-10/h9-10H,2-8H2,1H3. The summed E-state index contributed by atoms with van der Waals surface area (Å²) in [6.07, 6.45) is 4.28. The third-order valence-electron chi connectivity index (χ3n) is 3.19. The van der Waals surface area contributed by atoms with Gasteiger partial charge in [-0.25, -0.2) is 0 Å². The zero-order chi connectivity index (χ0) is 8.39. The number of piperidine rings is 2. The fourth-order valence-corrected chi connectivity index (χ4v) is 2.78. The van der Waals surface area contributed by atoms with Crippen LogP contribution in [0.3, 0.4) is 0 Å². The van der Waals surface area contributed by atoms with E-state index in [-0.39, 0.29) is 0 Å². The van der Waals surface area contributed by atoms with E-state index in [9.17, 15) is 0 Å². The summed E-state index contributed by atoms with van der Waals surface area (Å²) < 4.78 is 5.22. The summed E-state index contributed by atoms with van der Waals surface area (Å²) in [6, 6.07) is 0. The van der Waals surface area contributed by atoms with Crippen molar-refractivity contribution < 1.29 is 4.74 Å². The maximum atomic E-state index is 5.22. The maximum absolute atomic E-state index is 5.22. The number of fused-ring (bicyclic) bond motifs is 2. The Morgan fingerprint density at radius 3 is 3.08 bits per heavy atom. The van der Waals surface area contributed by atoms with E-state index in [1.54, 1.807) is 0 Å². The van der Waals surface area contributed by atoms with Gasteiger partial charge in [-0.2, -0.15) is 0 Å². The van der Waals surface area contributed by atoms with Crippen LogP contribution in [0.1, 0.15) is 19.3 Å². The second-order valence-corrected chi connectivity index (χ2v) is 4.32. The molecule has 2 heteroatoms. The summed E-state index contributed by atoms with van der Waals surface area (Å²) in [6.45, 7) is 4.94. The van der Waals surface area contributed by atoms with Gasteiger partial charge in [0.15, 0.2) is 0 Å². The van der Waals surface area contributed by atoms with Gasteiger partial charge in [-0.3, -0.25) is 0 Å². The SMILES string of the molecule is COCC1CC2CCCN(C2)C1. The molecule has 2 fully saturated rings. The highest BCUT2D eigenvalue weighted by atomic mass is 16.5. The molecule has 0 N–H and O–H groups in total. The molecule has 12 heavy (non-hydrogen) atoms. The molecule has 2 nitrogen and oxygen atoms in total. The number of hydrogen-bond acceptors (Lipinski definition) is 2. The first-order chi connectivity index (χ1) is 5.88. The van der Waals surface area contributed by atoms with Crippen molar-refractivity contribution in [3.05, 3.63) is 0 Å². The van der Waals surface area contributed by atoms with Gasteiger partial charge >= 0.3 is 0 Å². The minimum atomic E-state index is 0.814. The smallest absolute Gasteiger partial charge is 0.0502 e. The van der Waals surface area contributed by atoms with Crippen molar-refractivity contribution in [1.29, 1.82) is 0 Å². The number of hydrogen-bond donors (Lipinski definition) is 0. The van der Waals surface area contributed by atoms with E-state index in [0.29, 0.717) is 0 Å². The lowest BCUT2D eigenvalue weighted by molar-refractivity contribution is 0.0396.